The Morgan fingerprint density at radius 2 is 0.753 bits per heavy atom. The Balaban J connectivity index is 2.49. The van der Waals surface area contributed by atoms with Gasteiger partial charge in [0.2, 0.25) is 0 Å². The number of ether oxygens (including phenoxy) is 4. The molecule has 0 aliphatic heterocycles. The molecule has 0 fully saturated rings. The lowest BCUT2D eigenvalue weighted by atomic mass is 9.90. The maximum absolute atomic E-state index is 14.1. The summed E-state index contributed by atoms with van der Waals surface area (Å²) in [6.07, 6.45) is 28.4. The van der Waals surface area contributed by atoms with Gasteiger partial charge in [0.05, 0.1) is 18.6 Å². The molecule has 0 atom stereocenters. The Bertz CT molecular complexity index is 1610. The molecule has 0 unspecified atom stereocenters. The highest BCUT2D eigenvalue weighted by atomic mass is 28.4. The van der Waals surface area contributed by atoms with Gasteiger partial charge in [-0.2, -0.15) is 0 Å². The van der Waals surface area contributed by atoms with E-state index in [1.807, 2.05) is 36.4 Å². The molecule has 73 heavy (non-hydrogen) atoms. The molecule has 0 aliphatic carbocycles. The summed E-state index contributed by atoms with van der Waals surface area (Å²) in [6, 6.07) is 20.7. The summed E-state index contributed by atoms with van der Waals surface area (Å²) >= 11 is 0. The van der Waals surface area contributed by atoms with Crippen LogP contribution in [-0.4, -0.2) is 65.2 Å². The molecule has 0 amide bonds. The summed E-state index contributed by atoms with van der Waals surface area (Å²) in [5, 5.41) is 1.78. The lowest BCUT2D eigenvalue weighted by Gasteiger charge is -2.45. The molecular weight excluding hydrogens is 929 g/mol. The van der Waals surface area contributed by atoms with Crippen LogP contribution >= 0.6 is 0 Å². The Kier molecular flexibility index (Phi) is 35.8. The number of carbonyl (C=O) groups is 4. The van der Waals surface area contributed by atoms with E-state index in [2.05, 4.69) is 79.7 Å². The summed E-state index contributed by atoms with van der Waals surface area (Å²) in [5.74, 6) is -0.847. The molecule has 0 bridgehead atoms. The van der Waals surface area contributed by atoms with Crippen molar-refractivity contribution in [3.63, 3.8) is 0 Å². The molecule has 9 nitrogen and oxygen atoms in total. The van der Waals surface area contributed by atoms with Gasteiger partial charge in [-0.25, -0.2) is 0 Å². The van der Waals surface area contributed by atoms with Gasteiger partial charge in [-0.1, -0.05) is 238 Å². The first-order valence-corrected chi connectivity index (χ1v) is 31.6. The van der Waals surface area contributed by atoms with Crippen molar-refractivity contribution >= 4 is 42.6 Å². The van der Waals surface area contributed by atoms with Crippen molar-refractivity contribution in [1.82, 2.24) is 0 Å². The number of esters is 4. The maximum atomic E-state index is 14.1. The van der Waals surface area contributed by atoms with E-state index < -0.39 is 19.7 Å². The Morgan fingerprint density at radius 1 is 0.411 bits per heavy atom. The second-order valence-corrected chi connectivity index (χ2v) is 26.8. The van der Waals surface area contributed by atoms with Gasteiger partial charge in [0, 0.05) is 25.7 Å². The minimum Gasteiger partial charge on any atom is -0.466 e. The number of hydrogen-bond acceptors (Lipinski definition) is 9. The molecule has 0 saturated heterocycles. The molecule has 0 spiro atoms. The van der Waals surface area contributed by atoms with E-state index in [1.165, 1.54) is 38.5 Å². The fourth-order valence-corrected chi connectivity index (χ4v) is 14.8. The number of unbranched alkanes of at least 4 members (excludes halogenated alkanes) is 16. The van der Waals surface area contributed by atoms with Gasteiger partial charge in [-0.05, 0) is 72.2 Å². The third-order valence-electron chi connectivity index (χ3n) is 14.7. The Morgan fingerprint density at radius 3 is 1.14 bits per heavy atom. The number of rotatable bonds is 45. The molecule has 0 heterocycles. The summed E-state index contributed by atoms with van der Waals surface area (Å²) < 4.78 is 32.0. The normalized spacial score (nSPS) is 12.1. The van der Waals surface area contributed by atoms with Crippen molar-refractivity contribution in [2.45, 2.75) is 253 Å². The second kappa shape index (κ2) is 39.8. The lowest BCUT2D eigenvalue weighted by Crippen LogP contribution is -2.67. The Labute approximate surface area is 447 Å². The van der Waals surface area contributed by atoms with Crippen molar-refractivity contribution in [2.24, 2.45) is 17.3 Å². The maximum Gasteiger partial charge on any atom is 0.306 e. The van der Waals surface area contributed by atoms with E-state index in [0.29, 0.717) is 32.3 Å². The van der Waals surface area contributed by atoms with Gasteiger partial charge in [0.1, 0.15) is 19.8 Å². The molecule has 0 saturated carbocycles. The molecule has 0 aromatic heterocycles. The van der Waals surface area contributed by atoms with Crippen LogP contribution in [0.25, 0.3) is 0 Å². The fourth-order valence-electron chi connectivity index (χ4n) is 10.1. The molecule has 0 radical (unpaired) electrons. The standard InChI is InChI=1S/C63H106O9Si/c1-9-14-19-20-21-22-23-36-47-68-58(64)45-34-35-46-59(65)69-50-63(51-70-60(66)48-54(37-26-15-10-2)38-27-16-11-3,52-71-61(67)49-55(39-28-17-12-4)40-29-18-13-5)53-72-73(62(6,7)8,56-41-30-24-31-42-56)57-43-32-25-33-44-57/h24-25,30-33,41-44,54-55H,9-23,26-29,34-40,45-53H2,1-8H3. The molecule has 10 heteroatoms. The second-order valence-electron chi connectivity index (χ2n) is 22.5. The van der Waals surface area contributed by atoms with Crippen LogP contribution in [0.5, 0.6) is 0 Å². The summed E-state index contributed by atoms with van der Waals surface area (Å²) in [6.45, 7) is 17.6. The van der Waals surface area contributed by atoms with Crippen molar-refractivity contribution < 1.29 is 42.6 Å². The smallest absolute Gasteiger partial charge is 0.306 e. The topological polar surface area (TPSA) is 114 Å². The third kappa shape index (κ3) is 27.7. The zero-order chi connectivity index (χ0) is 53.5. The highest BCUT2D eigenvalue weighted by Crippen LogP contribution is 2.38. The lowest BCUT2D eigenvalue weighted by molar-refractivity contribution is -0.166. The SMILES string of the molecule is CCCCCCCCCCOC(=O)CCCCC(=O)OCC(COC(=O)CC(CCCCC)CCCCC)(COC(=O)CC(CCCCC)CCCCC)CO[Si](c1ccccc1)(c1ccccc1)C(C)(C)C. The van der Waals surface area contributed by atoms with Gasteiger partial charge in [0.25, 0.3) is 8.32 Å². The van der Waals surface area contributed by atoms with E-state index in [0.717, 1.165) is 126 Å². The highest BCUT2D eigenvalue weighted by Gasteiger charge is 2.52. The molecule has 0 aliphatic rings. The average molecular weight is 1040 g/mol. The zero-order valence-electron chi connectivity index (χ0n) is 47.9. The van der Waals surface area contributed by atoms with Crippen LogP contribution in [0.3, 0.4) is 0 Å². The van der Waals surface area contributed by atoms with Gasteiger partial charge < -0.3 is 23.4 Å². The summed E-state index contributed by atoms with van der Waals surface area (Å²) in [4.78, 5) is 54.6. The predicted molar refractivity (Wildman–Crippen MR) is 304 cm³/mol. The number of hydrogen-bond donors (Lipinski definition) is 0. The molecule has 0 N–H and O–H groups in total. The van der Waals surface area contributed by atoms with E-state index in [1.54, 1.807) is 0 Å². The molecule has 2 rings (SSSR count). The first-order valence-electron chi connectivity index (χ1n) is 29.7. The van der Waals surface area contributed by atoms with Crippen LogP contribution in [0.1, 0.15) is 248 Å². The summed E-state index contributed by atoms with van der Waals surface area (Å²) in [7, 11) is -3.18. The van der Waals surface area contributed by atoms with Gasteiger partial charge >= 0.3 is 23.9 Å². The molecule has 2 aromatic carbocycles. The van der Waals surface area contributed by atoms with Crippen molar-refractivity contribution in [3.05, 3.63) is 60.7 Å². The van der Waals surface area contributed by atoms with E-state index in [4.69, 9.17) is 23.4 Å². The van der Waals surface area contributed by atoms with E-state index in [-0.39, 0.29) is 74.1 Å². The van der Waals surface area contributed by atoms with Gasteiger partial charge in [-0.3, -0.25) is 19.2 Å². The first kappa shape index (κ1) is 65.6. The zero-order valence-corrected chi connectivity index (χ0v) is 48.9. The van der Waals surface area contributed by atoms with E-state index >= 15 is 0 Å². The summed E-state index contributed by atoms with van der Waals surface area (Å²) in [5.41, 5.74) is -1.23. The van der Waals surface area contributed by atoms with Crippen LogP contribution in [0.2, 0.25) is 5.04 Å². The minimum atomic E-state index is -3.18. The van der Waals surface area contributed by atoms with Crippen molar-refractivity contribution in [1.29, 1.82) is 0 Å². The van der Waals surface area contributed by atoms with Crippen LogP contribution < -0.4 is 10.4 Å². The highest BCUT2D eigenvalue weighted by molar-refractivity contribution is 6.99. The molecular formula is C63H106O9Si. The van der Waals surface area contributed by atoms with Crippen molar-refractivity contribution in [2.75, 3.05) is 33.0 Å². The molecule has 416 valence electrons. The third-order valence-corrected chi connectivity index (χ3v) is 19.7. The number of carbonyl (C=O) groups excluding carboxylic acids is 4. The minimum absolute atomic E-state index is 0.00563. The van der Waals surface area contributed by atoms with Gasteiger partial charge in [-0.15, -0.1) is 0 Å². The molecule has 2 aromatic rings. The van der Waals surface area contributed by atoms with Crippen molar-refractivity contribution in [3.8, 4) is 0 Å². The predicted octanol–water partition coefficient (Wildman–Crippen LogP) is 15.8. The van der Waals surface area contributed by atoms with Gasteiger partial charge in [0.15, 0.2) is 0 Å². The largest absolute Gasteiger partial charge is 0.466 e. The Hall–Kier alpha value is -3.50. The first-order chi connectivity index (χ1) is 35.3. The number of benzene rings is 2. The van der Waals surface area contributed by atoms with Crippen LogP contribution in [-0.2, 0) is 42.6 Å². The average Bonchev–Trinajstić information content (AvgIpc) is 3.38. The van der Waals surface area contributed by atoms with E-state index in [9.17, 15) is 19.2 Å². The quantitative estimate of drug-likeness (QED) is 0.0277. The van der Waals surface area contributed by atoms with Crippen LogP contribution in [0.15, 0.2) is 60.7 Å². The van der Waals surface area contributed by atoms with Crippen LogP contribution in [0, 0.1) is 17.3 Å². The fraction of sp³-hybridized carbons (Fsp3) is 0.746. The monoisotopic (exact) mass is 1030 g/mol. The van der Waals surface area contributed by atoms with Crippen LogP contribution in [0.4, 0.5) is 0 Å².